The van der Waals surface area contributed by atoms with Crippen molar-refractivity contribution in [3.8, 4) is 0 Å². The quantitative estimate of drug-likeness (QED) is 0.300. The minimum atomic E-state index is -4.43. The van der Waals surface area contributed by atoms with Crippen molar-refractivity contribution in [1.29, 1.82) is 0 Å². The predicted molar refractivity (Wildman–Crippen MR) is 124 cm³/mol. The van der Waals surface area contributed by atoms with Crippen molar-refractivity contribution in [2.75, 3.05) is 66.0 Å². The molecule has 2 rings (SSSR count). The molecule has 1 N–H and O–H groups in total. The van der Waals surface area contributed by atoms with Crippen molar-refractivity contribution in [1.82, 2.24) is 24.9 Å². The SMILES string of the molecule is CCNC(=NCC(=O)N(C)CC(F)(F)F)N1CCN(C(C)C(=O)N2CCCC2)CC1.I. The summed E-state index contributed by atoms with van der Waals surface area (Å²) in [5.41, 5.74) is 0. The largest absolute Gasteiger partial charge is 0.406 e. The Labute approximate surface area is 199 Å². The number of guanidine groups is 1. The van der Waals surface area contributed by atoms with E-state index in [-0.39, 0.29) is 42.5 Å². The van der Waals surface area contributed by atoms with Gasteiger partial charge < -0.3 is 20.0 Å². The molecule has 0 saturated carbocycles. The summed E-state index contributed by atoms with van der Waals surface area (Å²) < 4.78 is 37.4. The number of hydrogen-bond acceptors (Lipinski definition) is 4. The molecule has 2 aliphatic rings. The third-order valence-electron chi connectivity index (χ3n) is 5.48. The summed E-state index contributed by atoms with van der Waals surface area (Å²) in [6, 6.07) is -0.178. The zero-order valence-electron chi connectivity index (χ0n) is 18.5. The zero-order chi connectivity index (χ0) is 22.3. The van der Waals surface area contributed by atoms with Crippen molar-refractivity contribution in [2.45, 2.75) is 38.9 Å². The van der Waals surface area contributed by atoms with Gasteiger partial charge in [0.1, 0.15) is 13.1 Å². The van der Waals surface area contributed by atoms with E-state index in [4.69, 9.17) is 0 Å². The van der Waals surface area contributed by atoms with Gasteiger partial charge in [0, 0.05) is 52.9 Å². The standard InChI is InChI=1S/C19H33F3N6O2.HI/c1-4-23-18(24-13-16(29)25(3)14-19(20,21)22)28-11-9-26(10-12-28)15(2)17(30)27-7-5-6-8-27;/h15H,4-14H2,1-3H3,(H,23,24);1H. The van der Waals surface area contributed by atoms with Crippen molar-refractivity contribution < 1.29 is 22.8 Å². The molecule has 0 radical (unpaired) electrons. The zero-order valence-corrected chi connectivity index (χ0v) is 20.8. The van der Waals surface area contributed by atoms with E-state index in [0.717, 1.165) is 33.0 Å². The Morgan fingerprint density at radius 3 is 2.16 bits per heavy atom. The highest BCUT2D eigenvalue weighted by molar-refractivity contribution is 14.0. The second-order valence-corrected chi connectivity index (χ2v) is 7.77. The van der Waals surface area contributed by atoms with Crippen molar-refractivity contribution >= 4 is 41.8 Å². The second kappa shape index (κ2) is 12.7. The van der Waals surface area contributed by atoms with Gasteiger partial charge in [-0.3, -0.25) is 14.5 Å². The van der Waals surface area contributed by atoms with Crippen LogP contribution in [-0.4, -0.2) is 116 Å². The van der Waals surface area contributed by atoms with Gasteiger partial charge in [-0.25, -0.2) is 4.99 Å². The predicted octanol–water partition coefficient (Wildman–Crippen LogP) is 1.22. The van der Waals surface area contributed by atoms with Crippen LogP contribution in [-0.2, 0) is 9.59 Å². The van der Waals surface area contributed by atoms with Gasteiger partial charge in [-0.2, -0.15) is 13.2 Å². The van der Waals surface area contributed by atoms with E-state index in [1.54, 1.807) is 0 Å². The molecule has 0 aromatic rings. The van der Waals surface area contributed by atoms with Crippen LogP contribution in [0.5, 0.6) is 0 Å². The molecule has 0 aliphatic carbocycles. The normalized spacial score (nSPS) is 19.1. The van der Waals surface area contributed by atoms with Crippen LogP contribution in [0.2, 0.25) is 0 Å². The number of hydrogen-bond donors (Lipinski definition) is 1. The number of likely N-dealkylation sites (tertiary alicyclic amines) is 1. The topological polar surface area (TPSA) is 71.5 Å². The smallest absolute Gasteiger partial charge is 0.357 e. The van der Waals surface area contributed by atoms with E-state index in [1.807, 2.05) is 23.6 Å². The van der Waals surface area contributed by atoms with Gasteiger partial charge >= 0.3 is 6.18 Å². The number of nitrogens with one attached hydrogen (secondary N) is 1. The number of nitrogens with zero attached hydrogens (tertiary/aromatic N) is 5. The first-order valence-electron chi connectivity index (χ1n) is 10.5. The van der Waals surface area contributed by atoms with Crippen molar-refractivity contribution in [2.24, 2.45) is 4.99 Å². The van der Waals surface area contributed by atoms with Crippen LogP contribution in [0.4, 0.5) is 13.2 Å². The number of carbonyl (C=O) groups is 2. The molecular weight excluding hydrogens is 528 g/mol. The monoisotopic (exact) mass is 562 g/mol. The summed E-state index contributed by atoms with van der Waals surface area (Å²) in [4.78, 5) is 35.5. The molecule has 0 aromatic carbocycles. The van der Waals surface area contributed by atoms with Gasteiger partial charge in [0.2, 0.25) is 11.8 Å². The summed E-state index contributed by atoms with van der Waals surface area (Å²) in [6.07, 6.45) is -2.31. The number of halogens is 4. The number of amides is 2. The number of carbonyl (C=O) groups excluding carboxylic acids is 2. The van der Waals surface area contributed by atoms with Crippen molar-refractivity contribution in [3.05, 3.63) is 0 Å². The molecule has 2 amide bonds. The Balaban J connectivity index is 0.00000480. The Morgan fingerprint density at radius 1 is 1.06 bits per heavy atom. The highest BCUT2D eigenvalue weighted by Gasteiger charge is 2.32. The van der Waals surface area contributed by atoms with Crippen LogP contribution < -0.4 is 5.32 Å². The van der Waals surface area contributed by atoms with Crippen LogP contribution in [0, 0.1) is 0 Å². The molecule has 1 unspecified atom stereocenters. The van der Waals surface area contributed by atoms with Crippen LogP contribution in [0.3, 0.4) is 0 Å². The molecule has 2 fully saturated rings. The van der Waals surface area contributed by atoms with Crippen LogP contribution in [0.15, 0.2) is 4.99 Å². The minimum Gasteiger partial charge on any atom is -0.357 e. The first-order chi connectivity index (χ1) is 14.1. The van der Waals surface area contributed by atoms with Gasteiger partial charge in [-0.15, -0.1) is 24.0 Å². The number of piperazine rings is 1. The third kappa shape index (κ3) is 8.62. The van der Waals surface area contributed by atoms with Gasteiger partial charge in [-0.05, 0) is 26.7 Å². The molecule has 2 saturated heterocycles. The maximum Gasteiger partial charge on any atom is 0.406 e. The lowest BCUT2D eigenvalue weighted by Crippen LogP contribution is -2.57. The summed E-state index contributed by atoms with van der Waals surface area (Å²) in [5.74, 6) is -0.0181. The molecule has 1 atom stereocenters. The van der Waals surface area contributed by atoms with E-state index in [0.29, 0.717) is 43.6 Å². The fraction of sp³-hybridized carbons (Fsp3) is 0.842. The lowest BCUT2D eigenvalue weighted by Gasteiger charge is -2.39. The van der Waals surface area contributed by atoms with Gasteiger partial charge in [0.25, 0.3) is 0 Å². The highest BCUT2D eigenvalue weighted by atomic mass is 127. The second-order valence-electron chi connectivity index (χ2n) is 7.77. The Morgan fingerprint density at radius 2 is 1.65 bits per heavy atom. The first kappa shape index (κ1) is 27.7. The third-order valence-corrected chi connectivity index (χ3v) is 5.48. The maximum absolute atomic E-state index is 12.6. The Hall–Kier alpha value is -1.31. The number of rotatable bonds is 6. The van der Waals surface area contributed by atoms with Gasteiger partial charge in [0.05, 0.1) is 6.04 Å². The lowest BCUT2D eigenvalue weighted by atomic mass is 10.2. The van der Waals surface area contributed by atoms with Crippen LogP contribution in [0.1, 0.15) is 26.7 Å². The first-order valence-corrected chi connectivity index (χ1v) is 10.5. The number of alkyl halides is 3. The fourth-order valence-electron chi connectivity index (χ4n) is 3.73. The van der Waals surface area contributed by atoms with E-state index in [2.05, 4.69) is 15.2 Å². The molecule has 0 spiro atoms. The van der Waals surface area contributed by atoms with Crippen molar-refractivity contribution in [3.63, 3.8) is 0 Å². The van der Waals surface area contributed by atoms with Crippen LogP contribution in [0.25, 0.3) is 0 Å². The van der Waals surface area contributed by atoms with E-state index in [1.165, 1.54) is 0 Å². The maximum atomic E-state index is 12.6. The molecular formula is C19H34F3IN6O2. The molecule has 12 heteroatoms. The van der Waals surface area contributed by atoms with E-state index in [9.17, 15) is 22.8 Å². The number of likely N-dealkylation sites (N-methyl/N-ethyl adjacent to an activating group) is 1. The Kier molecular flexibility index (Phi) is 11.3. The summed E-state index contributed by atoms with van der Waals surface area (Å²) >= 11 is 0. The van der Waals surface area contributed by atoms with Gasteiger partial charge in [-0.1, -0.05) is 0 Å². The average molecular weight is 562 g/mol. The lowest BCUT2D eigenvalue weighted by molar-refractivity contribution is -0.157. The molecule has 0 bridgehead atoms. The fourth-order valence-corrected chi connectivity index (χ4v) is 3.73. The minimum absolute atomic E-state index is 0. The number of aliphatic imine (C=N–C) groups is 1. The molecule has 2 aliphatic heterocycles. The molecule has 8 nitrogen and oxygen atoms in total. The summed E-state index contributed by atoms with van der Waals surface area (Å²) in [5, 5.41) is 3.10. The Bertz CT molecular complexity index is 620. The summed E-state index contributed by atoms with van der Waals surface area (Å²) in [7, 11) is 1.12. The highest BCUT2D eigenvalue weighted by Crippen LogP contribution is 2.16. The van der Waals surface area contributed by atoms with E-state index < -0.39 is 18.6 Å². The molecule has 2 heterocycles. The molecule has 0 aromatic heterocycles. The molecule has 180 valence electrons. The molecule has 31 heavy (non-hydrogen) atoms. The van der Waals surface area contributed by atoms with Crippen LogP contribution >= 0.6 is 24.0 Å². The average Bonchev–Trinajstić information content (AvgIpc) is 3.23. The summed E-state index contributed by atoms with van der Waals surface area (Å²) in [6.45, 7) is 7.01. The van der Waals surface area contributed by atoms with Gasteiger partial charge in [0.15, 0.2) is 5.96 Å². The van der Waals surface area contributed by atoms with E-state index >= 15 is 0 Å².